The molecule has 1 heterocycles. The number of benzene rings is 1. The molecule has 0 aliphatic rings. The number of aromatic nitrogens is 2. The topological polar surface area (TPSA) is 70.1 Å². The van der Waals surface area contributed by atoms with Gasteiger partial charge in [-0.25, -0.2) is 9.78 Å². The first-order chi connectivity index (χ1) is 7.56. The summed E-state index contributed by atoms with van der Waals surface area (Å²) in [5, 5.41) is 0. The third-order valence-electron chi connectivity index (χ3n) is 2.38. The predicted octanol–water partition coefficient (Wildman–Crippen LogP) is 1.70. The summed E-state index contributed by atoms with van der Waals surface area (Å²) in [5.74, 6) is -0.457. The highest BCUT2D eigenvalue weighted by Gasteiger charge is 2.17. The molecule has 0 radical (unpaired) electrons. The lowest BCUT2D eigenvalue weighted by molar-refractivity contribution is 0.0602. The average molecular weight is 284 g/mol. The molecule has 0 saturated carbocycles. The zero-order valence-electron chi connectivity index (χ0n) is 8.82. The van der Waals surface area contributed by atoms with E-state index in [1.165, 1.54) is 7.11 Å². The molecule has 84 valence electrons. The number of halogens is 1. The van der Waals surface area contributed by atoms with E-state index in [1.807, 2.05) is 7.05 Å². The van der Waals surface area contributed by atoms with Crippen molar-refractivity contribution in [3.05, 3.63) is 22.4 Å². The minimum Gasteiger partial charge on any atom is -0.465 e. The Bertz CT molecular complexity index is 577. The number of hydrogen-bond acceptors (Lipinski definition) is 4. The minimum atomic E-state index is -0.457. The van der Waals surface area contributed by atoms with Crippen LogP contribution in [0, 0.1) is 0 Å². The number of nitrogens with zero attached hydrogens (tertiary/aromatic N) is 2. The number of nitrogens with two attached hydrogens (primary N) is 1. The molecule has 16 heavy (non-hydrogen) atoms. The van der Waals surface area contributed by atoms with Crippen molar-refractivity contribution in [1.82, 2.24) is 9.55 Å². The first-order valence-electron chi connectivity index (χ1n) is 4.53. The Kier molecular flexibility index (Phi) is 2.59. The van der Waals surface area contributed by atoms with Crippen LogP contribution >= 0.6 is 15.9 Å². The summed E-state index contributed by atoms with van der Waals surface area (Å²) in [6.07, 6.45) is 1.65. The van der Waals surface area contributed by atoms with E-state index in [9.17, 15) is 4.79 Å². The van der Waals surface area contributed by atoms with Gasteiger partial charge in [0.15, 0.2) is 0 Å². The van der Waals surface area contributed by atoms with E-state index in [4.69, 9.17) is 5.73 Å². The van der Waals surface area contributed by atoms with Gasteiger partial charge in [0.1, 0.15) is 5.52 Å². The van der Waals surface area contributed by atoms with Gasteiger partial charge in [0, 0.05) is 11.5 Å². The molecule has 5 nitrogen and oxygen atoms in total. The van der Waals surface area contributed by atoms with Gasteiger partial charge in [-0.15, -0.1) is 0 Å². The van der Waals surface area contributed by atoms with Crippen molar-refractivity contribution in [3.63, 3.8) is 0 Å². The van der Waals surface area contributed by atoms with Crippen LogP contribution in [0.4, 0.5) is 5.69 Å². The van der Waals surface area contributed by atoms with Crippen LogP contribution in [0.5, 0.6) is 0 Å². The van der Waals surface area contributed by atoms with Gasteiger partial charge in [-0.2, -0.15) is 0 Å². The van der Waals surface area contributed by atoms with Crippen molar-refractivity contribution >= 4 is 38.6 Å². The number of hydrogen-bond donors (Lipinski definition) is 1. The smallest absolute Gasteiger partial charge is 0.340 e. The lowest BCUT2D eigenvalue weighted by Gasteiger charge is -2.07. The number of fused-ring (bicyclic) bond motifs is 1. The number of nitrogen functional groups attached to an aromatic ring is 1. The number of carbonyl (C=O) groups is 1. The zero-order chi connectivity index (χ0) is 11.9. The van der Waals surface area contributed by atoms with E-state index < -0.39 is 5.97 Å². The summed E-state index contributed by atoms with van der Waals surface area (Å²) in [5.41, 5.74) is 8.09. The van der Waals surface area contributed by atoms with Gasteiger partial charge in [0.05, 0.1) is 30.2 Å². The number of imidazole rings is 1. The van der Waals surface area contributed by atoms with Crippen LogP contribution in [-0.2, 0) is 11.8 Å². The molecule has 0 unspecified atom stereocenters. The predicted molar refractivity (Wildman–Crippen MR) is 64.2 cm³/mol. The Balaban J connectivity index is 2.83. The maximum atomic E-state index is 11.5. The molecular weight excluding hydrogens is 274 g/mol. The summed E-state index contributed by atoms with van der Waals surface area (Å²) in [6.45, 7) is 0. The fourth-order valence-electron chi connectivity index (χ4n) is 1.60. The van der Waals surface area contributed by atoms with E-state index in [1.54, 1.807) is 17.0 Å². The second kappa shape index (κ2) is 3.79. The number of anilines is 1. The number of esters is 1. The van der Waals surface area contributed by atoms with Crippen LogP contribution in [0.15, 0.2) is 16.9 Å². The van der Waals surface area contributed by atoms with E-state index in [2.05, 4.69) is 25.7 Å². The Morgan fingerprint density at radius 3 is 2.94 bits per heavy atom. The van der Waals surface area contributed by atoms with E-state index in [0.29, 0.717) is 11.3 Å². The SMILES string of the molecule is COC(=O)c1cc(Br)c2ncn(C)c2c1N. The molecule has 2 N–H and O–H groups in total. The van der Waals surface area contributed by atoms with Gasteiger partial charge < -0.3 is 15.0 Å². The van der Waals surface area contributed by atoms with Crippen LogP contribution in [0.25, 0.3) is 11.0 Å². The Morgan fingerprint density at radius 1 is 1.62 bits per heavy atom. The molecule has 1 aromatic carbocycles. The fraction of sp³-hybridized carbons (Fsp3) is 0.200. The molecule has 1 aromatic heterocycles. The molecule has 0 amide bonds. The van der Waals surface area contributed by atoms with Crippen LogP contribution in [0.3, 0.4) is 0 Å². The standard InChI is InChI=1S/C10H10BrN3O2/c1-14-4-13-8-6(11)3-5(10(15)16-2)7(12)9(8)14/h3-4H,12H2,1-2H3. The van der Waals surface area contributed by atoms with Gasteiger partial charge in [-0.3, -0.25) is 0 Å². The van der Waals surface area contributed by atoms with Crippen molar-refractivity contribution < 1.29 is 9.53 Å². The van der Waals surface area contributed by atoms with Crippen LogP contribution in [0.2, 0.25) is 0 Å². The highest BCUT2D eigenvalue weighted by Crippen LogP contribution is 2.30. The monoisotopic (exact) mass is 283 g/mol. The van der Waals surface area contributed by atoms with Gasteiger partial charge in [-0.05, 0) is 22.0 Å². The first-order valence-corrected chi connectivity index (χ1v) is 5.33. The van der Waals surface area contributed by atoms with Crippen molar-refractivity contribution in [3.8, 4) is 0 Å². The lowest BCUT2D eigenvalue weighted by atomic mass is 10.1. The van der Waals surface area contributed by atoms with Gasteiger partial charge in [-0.1, -0.05) is 0 Å². The Hall–Kier alpha value is -1.56. The third-order valence-corrected chi connectivity index (χ3v) is 2.99. The second-order valence-electron chi connectivity index (χ2n) is 3.36. The first kappa shape index (κ1) is 10.9. The molecule has 0 saturated heterocycles. The quantitative estimate of drug-likeness (QED) is 0.639. The maximum absolute atomic E-state index is 11.5. The number of rotatable bonds is 1. The summed E-state index contributed by atoms with van der Waals surface area (Å²) >= 11 is 3.35. The molecule has 0 aliphatic heterocycles. The minimum absolute atomic E-state index is 0.338. The number of methoxy groups -OCH3 is 1. The largest absolute Gasteiger partial charge is 0.465 e. The molecule has 2 aromatic rings. The van der Waals surface area contributed by atoms with E-state index in [-0.39, 0.29) is 0 Å². The van der Waals surface area contributed by atoms with Gasteiger partial charge in [0.25, 0.3) is 0 Å². The Labute approximate surface area is 100 Å². The van der Waals surface area contributed by atoms with Crippen molar-refractivity contribution in [1.29, 1.82) is 0 Å². The van der Waals surface area contributed by atoms with Crippen molar-refractivity contribution in [2.75, 3.05) is 12.8 Å². The molecule has 6 heteroatoms. The van der Waals surface area contributed by atoms with Gasteiger partial charge in [0.2, 0.25) is 0 Å². The highest BCUT2D eigenvalue weighted by atomic mass is 79.9. The summed E-state index contributed by atoms with van der Waals surface area (Å²) in [6, 6.07) is 1.62. The van der Waals surface area contributed by atoms with Gasteiger partial charge >= 0.3 is 5.97 Å². The summed E-state index contributed by atoms with van der Waals surface area (Å²) in [4.78, 5) is 15.7. The number of ether oxygens (including phenoxy) is 1. The molecule has 0 atom stereocenters. The molecule has 0 bridgehead atoms. The zero-order valence-corrected chi connectivity index (χ0v) is 10.4. The lowest BCUT2D eigenvalue weighted by Crippen LogP contribution is -2.07. The third kappa shape index (κ3) is 1.46. The number of aryl methyl sites for hydroxylation is 1. The van der Waals surface area contributed by atoms with Crippen LogP contribution < -0.4 is 5.73 Å². The summed E-state index contributed by atoms with van der Waals surface area (Å²) in [7, 11) is 3.14. The summed E-state index contributed by atoms with van der Waals surface area (Å²) < 4.78 is 7.15. The molecule has 0 fully saturated rings. The Morgan fingerprint density at radius 2 is 2.31 bits per heavy atom. The highest BCUT2D eigenvalue weighted by molar-refractivity contribution is 9.10. The van der Waals surface area contributed by atoms with E-state index >= 15 is 0 Å². The molecule has 2 rings (SSSR count). The second-order valence-corrected chi connectivity index (χ2v) is 4.22. The normalized spacial score (nSPS) is 10.7. The van der Waals surface area contributed by atoms with E-state index in [0.717, 1.165) is 15.5 Å². The molecule has 0 aliphatic carbocycles. The molecular formula is C10H10BrN3O2. The average Bonchev–Trinajstić information content (AvgIpc) is 2.65. The van der Waals surface area contributed by atoms with Crippen molar-refractivity contribution in [2.45, 2.75) is 0 Å². The number of carbonyl (C=O) groups excluding carboxylic acids is 1. The van der Waals surface area contributed by atoms with Crippen LogP contribution in [0.1, 0.15) is 10.4 Å². The maximum Gasteiger partial charge on any atom is 0.340 e. The van der Waals surface area contributed by atoms with Crippen LogP contribution in [-0.4, -0.2) is 22.6 Å². The van der Waals surface area contributed by atoms with Crippen molar-refractivity contribution in [2.24, 2.45) is 7.05 Å². The molecule has 0 spiro atoms. The fourth-order valence-corrected chi connectivity index (χ4v) is 2.12.